The normalized spacial score (nSPS) is 20.9. The Morgan fingerprint density at radius 2 is 1.85 bits per heavy atom. The summed E-state index contributed by atoms with van der Waals surface area (Å²) in [6, 6.07) is 17.4. The van der Waals surface area contributed by atoms with Crippen LogP contribution >= 0.6 is 0 Å². The molecule has 0 saturated carbocycles. The van der Waals surface area contributed by atoms with Crippen LogP contribution in [0.25, 0.3) is 0 Å². The Bertz CT molecular complexity index is 526. The van der Waals surface area contributed by atoms with E-state index in [1.165, 1.54) is 5.56 Å². The van der Waals surface area contributed by atoms with Gasteiger partial charge < -0.3 is 0 Å². The average molecular weight is 267 g/mol. The second-order valence-electron chi connectivity index (χ2n) is 5.46. The Kier molecular flexibility index (Phi) is 4.09. The molecule has 1 aromatic carbocycles. The Balaban J connectivity index is 1.70. The number of piperazine rings is 1. The maximum Gasteiger partial charge on any atom is 0.0543 e. The smallest absolute Gasteiger partial charge is 0.0543 e. The maximum atomic E-state index is 4.43. The summed E-state index contributed by atoms with van der Waals surface area (Å²) in [6.45, 7) is 4.22. The van der Waals surface area contributed by atoms with Gasteiger partial charge in [-0.1, -0.05) is 36.4 Å². The third-order valence-corrected chi connectivity index (χ3v) is 4.03. The minimum absolute atomic E-state index is 0.480. The van der Waals surface area contributed by atoms with Gasteiger partial charge in [-0.05, 0) is 24.7 Å². The molecule has 3 nitrogen and oxygen atoms in total. The fourth-order valence-electron chi connectivity index (χ4n) is 2.83. The number of benzene rings is 1. The summed E-state index contributed by atoms with van der Waals surface area (Å²) < 4.78 is 0. The zero-order valence-corrected chi connectivity index (χ0v) is 11.9. The molecule has 3 heteroatoms. The van der Waals surface area contributed by atoms with Gasteiger partial charge in [-0.2, -0.15) is 0 Å². The van der Waals surface area contributed by atoms with Gasteiger partial charge in [0.05, 0.1) is 5.69 Å². The topological polar surface area (TPSA) is 19.4 Å². The first-order valence-electron chi connectivity index (χ1n) is 7.20. The van der Waals surface area contributed by atoms with Crippen LogP contribution in [0.1, 0.15) is 17.3 Å². The zero-order valence-electron chi connectivity index (χ0n) is 11.9. The van der Waals surface area contributed by atoms with E-state index in [9.17, 15) is 0 Å². The molecule has 1 fully saturated rings. The molecule has 0 radical (unpaired) electrons. The summed E-state index contributed by atoms with van der Waals surface area (Å²) in [7, 11) is 2.22. The predicted octanol–water partition coefficient (Wildman–Crippen LogP) is 2.57. The van der Waals surface area contributed by atoms with Gasteiger partial charge in [0.1, 0.15) is 0 Å². The van der Waals surface area contributed by atoms with Crippen molar-refractivity contribution in [3.8, 4) is 0 Å². The second kappa shape index (κ2) is 6.16. The summed E-state index contributed by atoms with van der Waals surface area (Å²) in [5, 5.41) is 0. The highest BCUT2D eigenvalue weighted by molar-refractivity contribution is 5.20. The zero-order chi connectivity index (χ0) is 13.8. The van der Waals surface area contributed by atoms with E-state index >= 15 is 0 Å². The van der Waals surface area contributed by atoms with E-state index < -0.39 is 0 Å². The molecule has 1 saturated heterocycles. The molecule has 104 valence electrons. The van der Waals surface area contributed by atoms with Gasteiger partial charge in [0.2, 0.25) is 0 Å². The molecule has 1 aromatic heterocycles. The fraction of sp³-hybridized carbons (Fsp3) is 0.353. The Labute approximate surface area is 120 Å². The summed E-state index contributed by atoms with van der Waals surface area (Å²) in [5.41, 5.74) is 2.56. The van der Waals surface area contributed by atoms with Crippen LogP contribution in [-0.2, 0) is 6.54 Å². The van der Waals surface area contributed by atoms with Crippen LogP contribution in [-0.4, -0.2) is 41.5 Å². The molecule has 20 heavy (non-hydrogen) atoms. The minimum Gasteiger partial charge on any atom is -0.297 e. The highest BCUT2D eigenvalue weighted by atomic mass is 15.3. The Hall–Kier alpha value is -1.71. The maximum absolute atomic E-state index is 4.43. The van der Waals surface area contributed by atoms with Crippen LogP contribution in [0.15, 0.2) is 54.7 Å². The lowest BCUT2D eigenvalue weighted by molar-refractivity contribution is 0.0896. The molecule has 0 bridgehead atoms. The Morgan fingerprint density at radius 3 is 2.60 bits per heavy atom. The lowest BCUT2D eigenvalue weighted by Gasteiger charge is -2.39. The predicted molar refractivity (Wildman–Crippen MR) is 81.3 cm³/mol. The quantitative estimate of drug-likeness (QED) is 0.852. The van der Waals surface area contributed by atoms with Crippen molar-refractivity contribution in [2.45, 2.75) is 12.6 Å². The van der Waals surface area contributed by atoms with E-state index in [4.69, 9.17) is 0 Å². The van der Waals surface area contributed by atoms with Crippen molar-refractivity contribution in [1.82, 2.24) is 14.8 Å². The molecule has 0 amide bonds. The third-order valence-electron chi connectivity index (χ3n) is 4.03. The SMILES string of the molecule is CN1CCN(Cc2ccccn2)C[C@@H]1c1ccccc1. The van der Waals surface area contributed by atoms with Gasteiger partial charge in [-0.15, -0.1) is 0 Å². The molecule has 0 spiro atoms. The molecule has 1 aliphatic heterocycles. The van der Waals surface area contributed by atoms with E-state index in [1.807, 2.05) is 12.3 Å². The highest BCUT2D eigenvalue weighted by Gasteiger charge is 2.25. The van der Waals surface area contributed by atoms with E-state index in [1.54, 1.807) is 0 Å². The number of hydrogen-bond acceptors (Lipinski definition) is 3. The lowest BCUT2D eigenvalue weighted by Crippen LogP contribution is -2.46. The fourth-order valence-corrected chi connectivity index (χ4v) is 2.83. The number of rotatable bonds is 3. The van der Waals surface area contributed by atoms with Gasteiger partial charge >= 0.3 is 0 Å². The molecule has 3 rings (SSSR count). The van der Waals surface area contributed by atoms with Gasteiger partial charge in [-0.3, -0.25) is 14.8 Å². The summed E-state index contributed by atoms with van der Waals surface area (Å²) in [6.07, 6.45) is 1.88. The first-order chi connectivity index (χ1) is 9.83. The molecular formula is C17H21N3. The van der Waals surface area contributed by atoms with Crippen LogP contribution in [0.2, 0.25) is 0 Å². The average Bonchev–Trinajstić information content (AvgIpc) is 2.51. The van der Waals surface area contributed by atoms with E-state index in [0.717, 1.165) is 31.9 Å². The summed E-state index contributed by atoms with van der Waals surface area (Å²) in [5.74, 6) is 0. The first kappa shape index (κ1) is 13.3. The van der Waals surface area contributed by atoms with E-state index in [2.05, 4.69) is 64.3 Å². The molecule has 0 unspecified atom stereocenters. The molecule has 0 aliphatic carbocycles. The van der Waals surface area contributed by atoms with E-state index in [-0.39, 0.29) is 0 Å². The summed E-state index contributed by atoms with van der Waals surface area (Å²) in [4.78, 5) is 9.38. The number of nitrogens with zero attached hydrogens (tertiary/aromatic N) is 3. The monoisotopic (exact) mass is 267 g/mol. The van der Waals surface area contributed by atoms with Gasteiger partial charge in [-0.25, -0.2) is 0 Å². The Morgan fingerprint density at radius 1 is 1.05 bits per heavy atom. The molecule has 0 N–H and O–H groups in total. The van der Waals surface area contributed by atoms with Crippen LogP contribution in [0.3, 0.4) is 0 Å². The molecule has 2 heterocycles. The summed E-state index contributed by atoms with van der Waals surface area (Å²) >= 11 is 0. The first-order valence-corrected chi connectivity index (χ1v) is 7.20. The standard InChI is InChI=1S/C17H21N3/c1-19-11-12-20(13-16-9-5-6-10-18-16)14-17(19)15-7-3-2-4-8-15/h2-10,17H,11-14H2,1H3/t17-/m1/s1. The van der Waals surface area contributed by atoms with Crippen LogP contribution in [0.4, 0.5) is 0 Å². The molecule has 1 aliphatic rings. The molecular weight excluding hydrogens is 246 g/mol. The van der Waals surface area contributed by atoms with Crippen LogP contribution in [0.5, 0.6) is 0 Å². The second-order valence-corrected chi connectivity index (χ2v) is 5.46. The van der Waals surface area contributed by atoms with Gasteiger partial charge in [0, 0.05) is 38.4 Å². The van der Waals surface area contributed by atoms with Crippen molar-refractivity contribution in [3.63, 3.8) is 0 Å². The van der Waals surface area contributed by atoms with Crippen molar-refractivity contribution >= 4 is 0 Å². The van der Waals surface area contributed by atoms with Gasteiger partial charge in [0.15, 0.2) is 0 Å². The number of pyridine rings is 1. The minimum atomic E-state index is 0.480. The third kappa shape index (κ3) is 3.06. The highest BCUT2D eigenvalue weighted by Crippen LogP contribution is 2.24. The van der Waals surface area contributed by atoms with Crippen LogP contribution in [0, 0.1) is 0 Å². The van der Waals surface area contributed by atoms with E-state index in [0.29, 0.717) is 6.04 Å². The largest absolute Gasteiger partial charge is 0.297 e. The molecule has 1 atom stereocenters. The van der Waals surface area contributed by atoms with Crippen molar-refractivity contribution < 1.29 is 0 Å². The lowest BCUT2D eigenvalue weighted by atomic mass is 10.0. The van der Waals surface area contributed by atoms with Crippen molar-refractivity contribution in [3.05, 3.63) is 66.0 Å². The number of likely N-dealkylation sites (N-methyl/N-ethyl adjacent to an activating group) is 1. The van der Waals surface area contributed by atoms with Crippen molar-refractivity contribution in [2.24, 2.45) is 0 Å². The number of hydrogen-bond donors (Lipinski definition) is 0. The van der Waals surface area contributed by atoms with Crippen molar-refractivity contribution in [1.29, 1.82) is 0 Å². The van der Waals surface area contributed by atoms with Gasteiger partial charge in [0.25, 0.3) is 0 Å². The molecule has 2 aromatic rings. The van der Waals surface area contributed by atoms with Crippen LogP contribution < -0.4 is 0 Å². The van der Waals surface area contributed by atoms with Crippen molar-refractivity contribution in [2.75, 3.05) is 26.7 Å². The number of aromatic nitrogens is 1.